The van der Waals surface area contributed by atoms with Crippen LogP contribution in [-0.4, -0.2) is 10.7 Å². The highest BCUT2D eigenvalue weighted by molar-refractivity contribution is 14.1. The average Bonchev–Trinajstić information content (AvgIpc) is 2.95. The highest BCUT2D eigenvalue weighted by atomic mass is 127. The fraction of sp³-hybridized carbons (Fsp3) is 0.375. The maximum absolute atomic E-state index is 4.61. The third-order valence-electron chi connectivity index (χ3n) is 3.70. The summed E-state index contributed by atoms with van der Waals surface area (Å²) in [4.78, 5) is 4.61. The molecule has 1 unspecified atom stereocenters. The number of aromatic nitrogens is 1. The van der Waals surface area contributed by atoms with E-state index in [0.717, 1.165) is 35.1 Å². The Labute approximate surface area is 143 Å². The van der Waals surface area contributed by atoms with Gasteiger partial charge in [0.05, 0.1) is 5.69 Å². The first kappa shape index (κ1) is 15.0. The van der Waals surface area contributed by atoms with Crippen LogP contribution in [0.25, 0.3) is 11.3 Å². The second kappa shape index (κ2) is 6.87. The molecule has 5 heteroatoms. The van der Waals surface area contributed by atoms with E-state index in [1.165, 1.54) is 22.1 Å². The van der Waals surface area contributed by atoms with Gasteiger partial charge in [0, 0.05) is 20.2 Å². The van der Waals surface area contributed by atoms with Gasteiger partial charge in [0.25, 0.3) is 0 Å². The van der Waals surface area contributed by atoms with Gasteiger partial charge in [-0.1, -0.05) is 19.1 Å². The molecule has 21 heavy (non-hydrogen) atoms. The molecule has 1 aromatic carbocycles. The molecular weight excluding hydrogens is 393 g/mol. The van der Waals surface area contributed by atoms with Crippen LogP contribution in [0.4, 0.5) is 5.13 Å². The summed E-state index contributed by atoms with van der Waals surface area (Å²) >= 11 is 3.92. The molecule has 110 valence electrons. The smallest absolute Gasteiger partial charge is 0.203 e. The zero-order chi connectivity index (χ0) is 14.7. The summed E-state index contributed by atoms with van der Waals surface area (Å²) < 4.78 is 1.24. The molecule has 1 aliphatic carbocycles. The minimum absolute atomic E-state index is 0.762. The number of hydrogen-bond acceptors (Lipinski definition) is 4. The van der Waals surface area contributed by atoms with E-state index < -0.39 is 0 Å². The van der Waals surface area contributed by atoms with Crippen molar-refractivity contribution in [3.05, 3.63) is 33.2 Å². The van der Waals surface area contributed by atoms with E-state index in [2.05, 4.69) is 74.7 Å². The van der Waals surface area contributed by atoms with Gasteiger partial charge in [0.1, 0.15) is 0 Å². The standard InChI is InChI=1S/C16H18IN3S/c1-11-3-2-4-14(9-11)19-20-16-18-15(10-21-16)12-5-7-13(17)8-6-12/h5-8,10-11H,2-4,9H2,1H3,(H,18,20)/b19-14-. The van der Waals surface area contributed by atoms with Crippen molar-refractivity contribution in [1.29, 1.82) is 0 Å². The number of hydrogen-bond donors (Lipinski definition) is 1. The van der Waals surface area contributed by atoms with Crippen molar-refractivity contribution in [3.8, 4) is 11.3 Å². The molecule has 0 saturated heterocycles. The Balaban J connectivity index is 1.67. The van der Waals surface area contributed by atoms with E-state index in [9.17, 15) is 0 Å². The van der Waals surface area contributed by atoms with Crippen LogP contribution in [0.15, 0.2) is 34.7 Å². The molecule has 1 fully saturated rings. The third kappa shape index (κ3) is 4.03. The van der Waals surface area contributed by atoms with Gasteiger partial charge in [-0.05, 0) is 66.3 Å². The number of hydrazone groups is 1. The molecule has 0 amide bonds. The molecule has 1 aromatic heterocycles. The zero-order valence-electron chi connectivity index (χ0n) is 12.0. The van der Waals surface area contributed by atoms with Crippen molar-refractivity contribution in [3.63, 3.8) is 0 Å². The second-order valence-corrected chi connectivity index (χ2v) is 7.64. The lowest BCUT2D eigenvalue weighted by molar-refractivity contribution is 0.500. The number of rotatable bonds is 3. The predicted octanol–water partition coefficient (Wildman–Crippen LogP) is 5.39. The van der Waals surface area contributed by atoms with Gasteiger partial charge < -0.3 is 0 Å². The molecule has 0 bridgehead atoms. The van der Waals surface area contributed by atoms with E-state index in [4.69, 9.17) is 0 Å². The Bertz CT molecular complexity index is 633. The number of nitrogens with zero attached hydrogens (tertiary/aromatic N) is 2. The minimum atomic E-state index is 0.762. The Morgan fingerprint density at radius 3 is 2.90 bits per heavy atom. The maximum atomic E-state index is 4.61. The molecule has 0 spiro atoms. The van der Waals surface area contributed by atoms with E-state index in [0.29, 0.717) is 0 Å². The van der Waals surface area contributed by atoms with E-state index >= 15 is 0 Å². The maximum Gasteiger partial charge on any atom is 0.203 e. The van der Waals surface area contributed by atoms with Crippen LogP contribution in [0.1, 0.15) is 32.6 Å². The Hall–Kier alpha value is -0.950. The van der Waals surface area contributed by atoms with Gasteiger partial charge in [-0.2, -0.15) is 5.10 Å². The van der Waals surface area contributed by atoms with Gasteiger partial charge in [-0.25, -0.2) is 4.98 Å². The molecule has 1 N–H and O–H groups in total. The van der Waals surface area contributed by atoms with Crippen LogP contribution >= 0.6 is 33.9 Å². The van der Waals surface area contributed by atoms with E-state index in [1.54, 1.807) is 11.3 Å². The summed E-state index contributed by atoms with van der Waals surface area (Å²) in [5.74, 6) is 0.762. The Morgan fingerprint density at radius 1 is 1.33 bits per heavy atom. The van der Waals surface area contributed by atoms with Crippen LogP contribution in [0, 0.1) is 9.49 Å². The molecule has 3 nitrogen and oxygen atoms in total. The zero-order valence-corrected chi connectivity index (χ0v) is 14.9. The molecule has 1 atom stereocenters. The van der Waals surface area contributed by atoms with Gasteiger partial charge >= 0.3 is 0 Å². The summed E-state index contributed by atoms with van der Waals surface area (Å²) in [6.07, 6.45) is 4.82. The van der Waals surface area contributed by atoms with Crippen molar-refractivity contribution in [2.24, 2.45) is 11.0 Å². The van der Waals surface area contributed by atoms with Crippen LogP contribution in [0.5, 0.6) is 0 Å². The Kier molecular flexibility index (Phi) is 4.90. The lowest BCUT2D eigenvalue weighted by Crippen LogP contribution is -2.13. The molecule has 1 heterocycles. The predicted molar refractivity (Wildman–Crippen MR) is 99.0 cm³/mol. The molecule has 1 aliphatic rings. The number of nitrogens with one attached hydrogen (secondary N) is 1. The van der Waals surface area contributed by atoms with Crippen molar-refractivity contribution < 1.29 is 0 Å². The van der Waals surface area contributed by atoms with Crippen molar-refractivity contribution in [1.82, 2.24) is 4.98 Å². The third-order valence-corrected chi connectivity index (χ3v) is 5.17. The highest BCUT2D eigenvalue weighted by Gasteiger charge is 2.14. The molecular formula is C16H18IN3S. The van der Waals surface area contributed by atoms with Crippen LogP contribution in [0.2, 0.25) is 0 Å². The number of halogens is 1. The SMILES string of the molecule is CC1CCC/C(=N/Nc2nc(-c3ccc(I)cc3)cs2)C1. The van der Waals surface area contributed by atoms with Crippen molar-refractivity contribution in [2.45, 2.75) is 32.6 Å². The lowest BCUT2D eigenvalue weighted by Gasteiger charge is -2.18. The molecule has 3 rings (SSSR count). The number of thiazole rings is 1. The number of anilines is 1. The van der Waals surface area contributed by atoms with Crippen LogP contribution in [0.3, 0.4) is 0 Å². The lowest BCUT2D eigenvalue weighted by atomic mass is 9.89. The molecule has 1 saturated carbocycles. The van der Waals surface area contributed by atoms with Crippen LogP contribution < -0.4 is 5.43 Å². The second-order valence-electron chi connectivity index (χ2n) is 5.54. The number of benzene rings is 1. The van der Waals surface area contributed by atoms with Gasteiger partial charge in [-0.15, -0.1) is 11.3 Å². The summed E-state index contributed by atoms with van der Waals surface area (Å²) in [6, 6.07) is 8.42. The molecule has 2 aromatic rings. The molecule has 0 radical (unpaired) electrons. The van der Waals surface area contributed by atoms with Crippen LogP contribution in [-0.2, 0) is 0 Å². The Morgan fingerprint density at radius 2 is 2.14 bits per heavy atom. The monoisotopic (exact) mass is 411 g/mol. The summed E-state index contributed by atoms with van der Waals surface area (Å²) in [7, 11) is 0. The van der Waals surface area contributed by atoms with E-state index in [1.807, 2.05) is 0 Å². The van der Waals surface area contributed by atoms with Gasteiger partial charge in [0.15, 0.2) is 0 Å². The first-order chi connectivity index (χ1) is 10.2. The normalized spacial score (nSPS) is 20.7. The average molecular weight is 411 g/mol. The summed E-state index contributed by atoms with van der Waals surface area (Å²) in [5.41, 5.74) is 6.57. The first-order valence-corrected chi connectivity index (χ1v) is 9.19. The van der Waals surface area contributed by atoms with E-state index in [-0.39, 0.29) is 0 Å². The fourth-order valence-corrected chi connectivity index (χ4v) is 3.59. The summed E-state index contributed by atoms with van der Waals surface area (Å²) in [5, 5.41) is 7.49. The fourth-order valence-electron chi connectivity index (χ4n) is 2.57. The van der Waals surface area contributed by atoms with Crippen molar-refractivity contribution >= 4 is 44.8 Å². The van der Waals surface area contributed by atoms with Gasteiger partial charge in [0.2, 0.25) is 5.13 Å². The first-order valence-electron chi connectivity index (χ1n) is 7.23. The molecule has 0 aliphatic heterocycles. The quantitative estimate of drug-likeness (QED) is 0.543. The largest absolute Gasteiger partial charge is 0.253 e. The highest BCUT2D eigenvalue weighted by Crippen LogP contribution is 2.26. The minimum Gasteiger partial charge on any atom is -0.253 e. The topological polar surface area (TPSA) is 37.3 Å². The van der Waals surface area contributed by atoms with Crippen molar-refractivity contribution in [2.75, 3.05) is 5.43 Å². The summed E-state index contributed by atoms with van der Waals surface area (Å²) in [6.45, 7) is 2.30. The van der Waals surface area contributed by atoms with Gasteiger partial charge in [-0.3, -0.25) is 5.43 Å².